The van der Waals surface area contributed by atoms with Gasteiger partial charge in [0.1, 0.15) is 11.1 Å². The first-order valence-electron chi connectivity index (χ1n) is 9.85. The summed E-state index contributed by atoms with van der Waals surface area (Å²) in [4.78, 5) is 26.9. The maximum absolute atomic E-state index is 12.8. The van der Waals surface area contributed by atoms with Crippen molar-refractivity contribution in [3.8, 4) is 0 Å². The van der Waals surface area contributed by atoms with Gasteiger partial charge in [0.15, 0.2) is 0 Å². The highest BCUT2D eigenvalue weighted by atomic mass is 32.2. The van der Waals surface area contributed by atoms with Crippen LogP contribution in [0.4, 0.5) is 5.69 Å². The molecule has 30 heavy (non-hydrogen) atoms. The van der Waals surface area contributed by atoms with Crippen LogP contribution in [0.2, 0.25) is 0 Å². The number of carbonyl (C=O) groups is 2. The maximum atomic E-state index is 12.8. The van der Waals surface area contributed by atoms with Crippen molar-refractivity contribution in [3.63, 3.8) is 0 Å². The van der Waals surface area contributed by atoms with Crippen molar-refractivity contribution in [3.05, 3.63) is 88.4 Å². The molecule has 1 saturated heterocycles. The summed E-state index contributed by atoms with van der Waals surface area (Å²) in [6.07, 6.45) is 1.61. The molecule has 1 aliphatic heterocycles. The fraction of sp³-hybridized carbons (Fsp3) is 0.250. The molecule has 3 aromatic rings. The van der Waals surface area contributed by atoms with Crippen molar-refractivity contribution < 1.29 is 14.0 Å². The second-order valence-electron chi connectivity index (χ2n) is 7.61. The van der Waals surface area contributed by atoms with Gasteiger partial charge in [0.25, 0.3) is 5.91 Å². The van der Waals surface area contributed by atoms with E-state index in [1.54, 1.807) is 18.0 Å². The van der Waals surface area contributed by atoms with E-state index < -0.39 is 0 Å². The lowest BCUT2D eigenvalue weighted by Crippen LogP contribution is -2.27. The number of nitrogens with one attached hydrogen (secondary N) is 1. The first-order chi connectivity index (χ1) is 14.4. The monoisotopic (exact) mass is 420 g/mol. The van der Waals surface area contributed by atoms with Crippen molar-refractivity contribution >= 4 is 29.3 Å². The molecule has 0 bridgehead atoms. The molecule has 0 radical (unpaired) electrons. The third-order valence-corrected chi connectivity index (χ3v) is 6.50. The van der Waals surface area contributed by atoms with E-state index in [0.29, 0.717) is 17.9 Å². The summed E-state index contributed by atoms with van der Waals surface area (Å²) in [7, 11) is 0. The minimum Gasteiger partial charge on any atom is -0.467 e. The Morgan fingerprint density at radius 3 is 2.47 bits per heavy atom. The van der Waals surface area contributed by atoms with Gasteiger partial charge in [-0.05, 0) is 61.7 Å². The number of rotatable bonds is 5. The van der Waals surface area contributed by atoms with Crippen LogP contribution in [0.3, 0.4) is 0 Å². The van der Waals surface area contributed by atoms with E-state index in [2.05, 4.69) is 17.4 Å². The second-order valence-corrected chi connectivity index (χ2v) is 8.68. The number of hydrogen-bond donors (Lipinski definition) is 1. The number of nitrogens with zero attached hydrogens (tertiary/aromatic N) is 1. The van der Waals surface area contributed by atoms with Gasteiger partial charge in [-0.2, -0.15) is 0 Å². The molecule has 6 heteroatoms. The molecule has 2 heterocycles. The highest BCUT2D eigenvalue weighted by molar-refractivity contribution is 8.00. The van der Waals surface area contributed by atoms with Crippen molar-refractivity contribution in [2.75, 3.05) is 11.1 Å². The summed E-state index contributed by atoms with van der Waals surface area (Å²) in [5, 5.41) is 2.95. The van der Waals surface area contributed by atoms with Crippen molar-refractivity contribution in [1.29, 1.82) is 0 Å². The molecule has 0 spiro atoms. The van der Waals surface area contributed by atoms with Gasteiger partial charge in [0.05, 0.1) is 18.6 Å². The van der Waals surface area contributed by atoms with Gasteiger partial charge in [-0.25, -0.2) is 0 Å². The van der Waals surface area contributed by atoms with Crippen LogP contribution in [0.15, 0.2) is 59.2 Å². The van der Waals surface area contributed by atoms with Crippen LogP contribution in [0.1, 0.15) is 43.7 Å². The standard InChI is InChI=1S/C24H24N2O3S/c1-15-11-16(2)22(17(3)12-15)25-23(28)18-6-8-19(9-7-18)24-26(21(27)14-30-24)13-20-5-4-10-29-20/h4-12,24H,13-14H2,1-3H3,(H,25,28)/t24-/m0/s1. The third-order valence-electron chi connectivity index (χ3n) is 5.25. The molecule has 1 fully saturated rings. The molecule has 2 amide bonds. The highest BCUT2D eigenvalue weighted by Crippen LogP contribution is 2.39. The van der Waals surface area contributed by atoms with Gasteiger partial charge in [-0.1, -0.05) is 29.8 Å². The molecule has 2 aromatic carbocycles. The average Bonchev–Trinajstić information content (AvgIpc) is 3.35. The zero-order valence-electron chi connectivity index (χ0n) is 17.3. The Labute approximate surface area is 180 Å². The summed E-state index contributed by atoms with van der Waals surface area (Å²) in [6.45, 7) is 6.49. The van der Waals surface area contributed by atoms with Crippen LogP contribution < -0.4 is 5.32 Å². The smallest absolute Gasteiger partial charge is 0.255 e. The van der Waals surface area contributed by atoms with Crippen molar-refractivity contribution in [2.45, 2.75) is 32.7 Å². The quantitative estimate of drug-likeness (QED) is 0.614. The number of amides is 2. The Bertz CT molecular complexity index is 1050. The van der Waals surface area contributed by atoms with Gasteiger partial charge in [-0.3, -0.25) is 9.59 Å². The fourth-order valence-electron chi connectivity index (χ4n) is 3.83. The van der Waals surface area contributed by atoms with Crippen LogP contribution in [0.5, 0.6) is 0 Å². The minimum atomic E-state index is -0.140. The Hall–Kier alpha value is -2.99. The van der Waals surface area contributed by atoms with Crippen molar-refractivity contribution in [1.82, 2.24) is 4.90 Å². The molecule has 1 aliphatic rings. The topological polar surface area (TPSA) is 62.6 Å². The lowest BCUT2D eigenvalue weighted by Gasteiger charge is -2.23. The number of carbonyl (C=O) groups excluding carboxylic acids is 2. The first-order valence-corrected chi connectivity index (χ1v) is 10.9. The summed E-state index contributed by atoms with van der Waals surface area (Å²) in [6, 6.07) is 15.3. The predicted octanol–water partition coefficient (Wildman–Crippen LogP) is 5.23. The van der Waals surface area contributed by atoms with Gasteiger partial charge in [0.2, 0.25) is 5.91 Å². The number of benzene rings is 2. The van der Waals surface area contributed by atoms with E-state index in [9.17, 15) is 9.59 Å². The van der Waals surface area contributed by atoms with E-state index in [4.69, 9.17) is 4.42 Å². The number of aryl methyl sites for hydroxylation is 3. The lowest BCUT2D eigenvalue weighted by atomic mass is 10.0. The summed E-state index contributed by atoms with van der Waals surface area (Å²) < 4.78 is 5.41. The number of thioether (sulfide) groups is 1. The van der Waals surface area contributed by atoms with Gasteiger partial charge >= 0.3 is 0 Å². The Balaban J connectivity index is 1.50. The zero-order valence-corrected chi connectivity index (χ0v) is 18.1. The highest BCUT2D eigenvalue weighted by Gasteiger charge is 2.33. The predicted molar refractivity (Wildman–Crippen MR) is 120 cm³/mol. The summed E-state index contributed by atoms with van der Waals surface area (Å²) >= 11 is 1.59. The molecule has 5 nitrogen and oxygen atoms in total. The van der Waals surface area contributed by atoms with Crippen LogP contribution in [0, 0.1) is 20.8 Å². The Morgan fingerprint density at radius 1 is 1.13 bits per heavy atom. The molecule has 4 rings (SSSR count). The molecular formula is C24H24N2O3S. The molecular weight excluding hydrogens is 396 g/mol. The van der Waals surface area contributed by atoms with Gasteiger partial charge in [0, 0.05) is 11.3 Å². The van der Waals surface area contributed by atoms with Crippen LogP contribution in [0.25, 0.3) is 0 Å². The Morgan fingerprint density at radius 2 is 1.83 bits per heavy atom. The molecule has 0 aliphatic carbocycles. The average molecular weight is 421 g/mol. The second kappa shape index (κ2) is 8.40. The number of hydrogen-bond acceptors (Lipinski definition) is 4. The van der Waals surface area contributed by atoms with Gasteiger partial charge < -0.3 is 14.6 Å². The zero-order chi connectivity index (χ0) is 21.3. The molecule has 1 N–H and O–H groups in total. The normalized spacial score (nSPS) is 16.2. The first kappa shape index (κ1) is 20.3. The summed E-state index contributed by atoms with van der Waals surface area (Å²) in [5.74, 6) is 1.16. The Kier molecular flexibility index (Phi) is 5.68. The fourth-order valence-corrected chi connectivity index (χ4v) is 5.02. The number of anilines is 1. The van der Waals surface area contributed by atoms with Crippen LogP contribution in [-0.2, 0) is 11.3 Å². The van der Waals surface area contributed by atoms with E-state index in [1.807, 2.05) is 62.1 Å². The largest absolute Gasteiger partial charge is 0.467 e. The molecule has 1 aromatic heterocycles. The van der Waals surface area contributed by atoms with Crippen molar-refractivity contribution in [2.24, 2.45) is 0 Å². The summed E-state index contributed by atoms with van der Waals surface area (Å²) in [5.41, 5.74) is 5.71. The van der Waals surface area contributed by atoms with Crippen LogP contribution >= 0.6 is 11.8 Å². The van der Waals surface area contributed by atoms with Crippen LogP contribution in [-0.4, -0.2) is 22.5 Å². The molecule has 154 valence electrons. The molecule has 0 saturated carbocycles. The lowest BCUT2D eigenvalue weighted by molar-refractivity contribution is -0.128. The maximum Gasteiger partial charge on any atom is 0.255 e. The minimum absolute atomic E-state index is 0.0821. The molecule has 0 unspecified atom stereocenters. The van der Waals surface area contributed by atoms with E-state index in [1.165, 1.54) is 5.56 Å². The van der Waals surface area contributed by atoms with E-state index in [0.717, 1.165) is 28.1 Å². The van der Waals surface area contributed by atoms with E-state index >= 15 is 0 Å². The third kappa shape index (κ3) is 4.14. The van der Waals surface area contributed by atoms with Gasteiger partial charge in [-0.15, -0.1) is 11.8 Å². The number of furan rings is 1. The SMILES string of the molecule is Cc1cc(C)c(NC(=O)c2ccc([C@@H]3SCC(=O)N3Cc3ccco3)cc2)c(C)c1. The van der Waals surface area contributed by atoms with E-state index in [-0.39, 0.29) is 17.2 Å². The molecule has 1 atom stereocenters.